The third kappa shape index (κ3) is 4.12. The summed E-state index contributed by atoms with van der Waals surface area (Å²) in [4.78, 5) is 19.0. The summed E-state index contributed by atoms with van der Waals surface area (Å²) in [5.74, 6) is 1.51. The topological polar surface area (TPSA) is 88.9 Å². The summed E-state index contributed by atoms with van der Waals surface area (Å²) in [7, 11) is 1.65. The van der Waals surface area contributed by atoms with Crippen LogP contribution in [0.4, 0.5) is 0 Å². The van der Waals surface area contributed by atoms with Gasteiger partial charge in [-0.05, 0) is 65.1 Å². The zero-order chi connectivity index (χ0) is 23.8. The smallest absolute Gasteiger partial charge is 0.253 e. The Morgan fingerprint density at radius 3 is 2.71 bits per heavy atom. The maximum atomic E-state index is 13.5. The first-order valence-corrected chi connectivity index (χ1v) is 12.5. The van der Waals surface area contributed by atoms with Crippen molar-refractivity contribution in [3.63, 3.8) is 0 Å². The average molecular weight is 471 g/mol. The summed E-state index contributed by atoms with van der Waals surface area (Å²) in [5.41, 5.74) is 4.00. The summed E-state index contributed by atoms with van der Waals surface area (Å²) in [6.07, 6.45) is 6.69. The molecule has 0 amide bonds. The van der Waals surface area contributed by atoms with E-state index in [9.17, 15) is 4.79 Å². The molecule has 4 aromatic rings. The van der Waals surface area contributed by atoms with Crippen molar-refractivity contribution in [2.75, 3.05) is 13.7 Å². The van der Waals surface area contributed by atoms with E-state index in [0.29, 0.717) is 5.56 Å². The summed E-state index contributed by atoms with van der Waals surface area (Å²) in [5, 5.41) is 14.0. The van der Waals surface area contributed by atoms with Crippen LogP contribution >= 0.6 is 0 Å². The normalized spacial score (nSPS) is 17.9. The van der Waals surface area contributed by atoms with Crippen LogP contribution in [-0.2, 0) is 13.0 Å². The number of hydrogen-bond donors (Lipinski definition) is 1. The molecule has 1 aliphatic carbocycles. The summed E-state index contributed by atoms with van der Waals surface area (Å²) >= 11 is 0. The number of hydrogen-bond acceptors (Lipinski definition) is 6. The molecule has 8 heteroatoms. The number of rotatable bonds is 5. The molecule has 1 aliphatic heterocycles. The van der Waals surface area contributed by atoms with Gasteiger partial charge in [-0.3, -0.25) is 9.69 Å². The summed E-state index contributed by atoms with van der Waals surface area (Å²) < 4.78 is 7.44. The second kappa shape index (κ2) is 9.26. The van der Waals surface area contributed by atoms with Gasteiger partial charge in [-0.2, -0.15) is 0 Å². The van der Waals surface area contributed by atoms with E-state index >= 15 is 0 Å². The fourth-order valence-corrected chi connectivity index (χ4v) is 5.73. The number of nitrogens with zero attached hydrogens (tertiary/aromatic N) is 5. The maximum Gasteiger partial charge on any atom is 0.253 e. The van der Waals surface area contributed by atoms with Gasteiger partial charge in [0.15, 0.2) is 5.82 Å². The third-order valence-electron chi connectivity index (χ3n) is 7.58. The highest BCUT2D eigenvalue weighted by Crippen LogP contribution is 2.35. The second-order valence-corrected chi connectivity index (χ2v) is 9.67. The van der Waals surface area contributed by atoms with E-state index < -0.39 is 0 Å². The number of ether oxygens (including phenoxy) is 1. The van der Waals surface area contributed by atoms with Gasteiger partial charge in [0.05, 0.1) is 13.2 Å². The maximum absolute atomic E-state index is 13.5. The van der Waals surface area contributed by atoms with E-state index in [-0.39, 0.29) is 17.6 Å². The van der Waals surface area contributed by atoms with Crippen molar-refractivity contribution in [3.05, 3.63) is 81.4 Å². The third-order valence-corrected chi connectivity index (χ3v) is 7.58. The number of tetrazole rings is 1. The van der Waals surface area contributed by atoms with E-state index in [1.165, 1.54) is 30.4 Å². The van der Waals surface area contributed by atoms with Crippen LogP contribution in [0.1, 0.15) is 66.7 Å². The van der Waals surface area contributed by atoms with Crippen molar-refractivity contribution in [1.29, 1.82) is 0 Å². The molecule has 0 radical (unpaired) electrons. The van der Waals surface area contributed by atoms with Crippen LogP contribution in [0.2, 0.25) is 0 Å². The molecule has 2 aromatic heterocycles. The fourth-order valence-electron chi connectivity index (χ4n) is 5.73. The molecule has 0 bridgehead atoms. The van der Waals surface area contributed by atoms with Crippen molar-refractivity contribution in [3.8, 4) is 5.75 Å². The Balaban J connectivity index is 1.49. The zero-order valence-corrected chi connectivity index (χ0v) is 20.0. The standard InChI is InChI=1S/C27H30N6O2/c1-35-22-11-12-24-20(15-22)16-23(27(34)28-24)25(32-14-13-18-7-5-6-8-19(18)17-32)26-29-30-31-33(26)21-9-3-2-4-10-21/h5-8,11-12,15-16,21,25H,2-4,9-10,13-14,17H2,1H3,(H,28,34)/t25-/m1/s1. The lowest BCUT2D eigenvalue weighted by molar-refractivity contribution is 0.187. The van der Waals surface area contributed by atoms with Crippen LogP contribution in [0, 0.1) is 0 Å². The van der Waals surface area contributed by atoms with E-state index in [1.54, 1.807) is 7.11 Å². The molecular weight excluding hydrogens is 440 g/mol. The average Bonchev–Trinajstić information content (AvgIpc) is 3.39. The number of benzene rings is 2. The molecule has 0 unspecified atom stereocenters. The van der Waals surface area contributed by atoms with Crippen LogP contribution < -0.4 is 10.3 Å². The highest BCUT2D eigenvalue weighted by Gasteiger charge is 2.34. The minimum atomic E-state index is -0.348. The molecule has 1 saturated carbocycles. The minimum absolute atomic E-state index is 0.107. The first kappa shape index (κ1) is 22.0. The first-order chi connectivity index (χ1) is 17.2. The van der Waals surface area contributed by atoms with Gasteiger partial charge in [-0.15, -0.1) is 5.10 Å². The van der Waals surface area contributed by atoms with Crippen molar-refractivity contribution in [1.82, 2.24) is 30.1 Å². The molecule has 1 atom stereocenters. The van der Waals surface area contributed by atoms with Gasteiger partial charge < -0.3 is 9.72 Å². The molecule has 0 spiro atoms. The Hall–Kier alpha value is -3.52. The predicted molar refractivity (Wildman–Crippen MR) is 133 cm³/mol. The lowest BCUT2D eigenvalue weighted by Gasteiger charge is -2.35. The lowest BCUT2D eigenvalue weighted by atomic mass is 9.94. The molecule has 1 N–H and O–H groups in total. The quantitative estimate of drug-likeness (QED) is 0.471. The Kier molecular flexibility index (Phi) is 5.82. The molecule has 2 aliphatic rings. The predicted octanol–water partition coefficient (Wildman–Crippen LogP) is 4.18. The number of nitrogens with one attached hydrogen (secondary N) is 1. The summed E-state index contributed by atoms with van der Waals surface area (Å²) in [6, 6.07) is 16.2. The van der Waals surface area contributed by atoms with Gasteiger partial charge >= 0.3 is 0 Å². The number of aromatic amines is 1. The van der Waals surface area contributed by atoms with E-state index in [2.05, 4.69) is 49.7 Å². The number of aromatic nitrogens is 5. The molecule has 8 nitrogen and oxygen atoms in total. The minimum Gasteiger partial charge on any atom is -0.497 e. The first-order valence-electron chi connectivity index (χ1n) is 12.5. The van der Waals surface area contributed by atoms with E-state index in [1.807, 2.05) is 28.9 Å². The van der Waals surface area contributed by atoms with Crippen molar-refractivity contribution in [2.24, 2.45) is 0 Å². The second-order valence-electron chi connectivity index (χ2n) is 9.67. The molecule has 0 saturated heterocycles. The largest absolute Gasteiger partial charge is 0.497 e. The SMILES string of the molecule is COc1ccc2[nH]c(=O)c([C@H](c3nnnn3C3CCCCC3)N3CCc4ccccc4C3)cc2c1. The molecule has 6 rings (SSSR count). The number of methoxy groups -OCH3 is 1. The molecule has 2 aromatic carbocycles. The van der Waals surface area contributed by atoms with Crippen LogP contribution in [0.3, 0.4) is 0 Å². The number of pyridine rings is 1. The van der Waals surface area contributed by atoms with Crippen LogP contribution in [-0.4, -0.2) is 43.7 Å². The van der Waals surface area contributed by atoms with E-state index in [0.717, 1.165) is 54.8 Å². The summed E-state index contributed by atoms with van der Waals surface area (Å²) in [6.45, 7) is 1.57. The van der Waals surface area contributed by atoms with Gasteiger partial charge in [0, 0.05) is 29.6 Å². The van der Waals surface area contributed by atoms with Crippen LogP contribution in [0.5, 0.6) is 5.75 Å². The molecular formula is C27H30N6O2. The monoisotopic (exact) mass is 470 g/mol. The Labute approximate surface area is 203 Å². The van der Waals surface area contributed by atoms with Crippen molar-refractivity contribution < 1.29 is 4.74 Å². The van der Waals surface area contributed by atoms with Gasteiger partial charge in [-0.25, -0.2) is 4.68 Å². The van der Waals surface area contributed by atoms with Gasteiger partial charge in [0.1, 0.15) is 11.8 Å². The van der Waals surface area contributed by atoms with Gasteiger partial charge in [0.2, 0.25) is 0 Å². The van der Waals surface area contributed by atoms with Gasteiger partial charge in [0.25, 0.3) is 5.56 Å². The van der Waals surface area contributed by atoms with Crippen LogP contribution in [0.15, 0.2) is 53.3 Å². The molecule has 1 fully saturated rings. The zero-order valence-electron chi connectivity index (χ0n) is 20.0. The molecule has 3 heterocycles. The molecule has 35 heavy (non-hydrogen) atoms. The highest BCUT2D eigenvalue weighted by molar-refractivity contribution is 5.80. The van der Waals surface area contributed by atoms with Crippen molar-refractivity contribution >= 4 is 10.9 Å². The fraction of sp³-hybridized carbons (Fsp3) is 0.407. The lowest BCUT2D eigenvalue weighted by Crippen LogP contribution is -2.39. The Morgan fingerprint density at radius 1 is 1.06 bits per heavy atom. The Bertz CT molecular complexity index is 1400. The Morgan fingerprint density at radius 2 is 1.89 bits per heavy atom. The van der Waals surface area contributed by atoms with E-state index in [4.69, 9.17) is 4.74 Å². The molecule has 180 valence electrons. The number of H-pyrrole nitrogens is 1. The highest BCUT2D eigenvalue weighted by atomic mass is 16.5. The van der Waals surface area contributed by atoms with Crippen LogP contribution in [0.25, 0.3) is 10.9 Å². The van der Waals surface area contributed by atoms with Crippen molar-refractivity contribution in [2.45, 2.75) is 57.2 Å². The number of fused-ring (bicyclic) bond motifs is 2. The van der Waals surface area contributed by atoms with Gasteiger partial charge in [-0.1, -0.05) is 43.5 Å².